The molecule has 0 spiro atoms. The van der Waals surface area contributed by atoms with Crippen molar-refractivity contribution in [2.75, 3.05) is 0 Å². The number of carbonyl (C=O) groups is 8. The van der Waals surface area contributed by atoms with Crippen LogP contribution in [0.5, 0.6) is 0 Å². The number of alkyl carbamates (subject to hydrolysis) is 1. The third-order valence-corrected chi connectivity index (χ3v) is 5.61. The van der Waals surface area contributed by atoms with E-state index in [1.54, 1.807) is 30.3 Å². The Hall–Kier alpha value is -5.02. The van der Waals surface area contributed by atoms with Gasteiger partial charge in [0.1, 0.15) is 31.0 Å². The van der Waals surface area contributed by atoms with Crippen LogP contribution in [-0.4, -0.2) is 87.5 Å². The first-order chi connectivity index (χ1) is 19.7. The van der Waals surface area contributed by atoms with Crippen molar-refractivity contribution in [1.29, 1.82) is 0 Å². The number of hydrogen-bond acceptors (Lipinski definition) is 9. The number of nitrogens with one attached hydrogen (secondary N) is 4. The summed E-state index contributed by atoms with van der Waals surface area (Å²) in [5.74, 6) is -7.86. The lowest BCUT2D eigenvalue weighted by molar-refractivity contribution is -0.141. The zero-order chi connectivity index (χ0) is 31.8. The summed E-state index contributed by atoms with van der Waals surface area (Å²) in [6.07, 6.45) is -3.63. The summed E-state index contributed by atoms with van der Waals surface area (Å²) in [5, 5.41) is 36.0. The Labute approximate surface area is 240 Å². The van der Waals surface area contributed by atoms with Crippen molar-refractivity contribution in [3.8, 4) is 0 Å². The second-order valence-electron chi connectivity index (χ2n) is 9.43. The minimum Gasteiger partial charge on any atom is -0.481 e. The van der Waals surface area contributed by atoms with E-state index in [9.17, 15) is 43.5 Å². The summed E-state index contributed by atoms with van der Waals surface area (Å²) >= 11 is 0. The fraction of sp³-hybridized carbons (Fsp3) is 0.462. The fourth-order valence-electron chi connectivity index (χ4n) is 3.48. The van der Waals surface area contributed by atoms with E-state index in [2.05, 4.69) is 21.3 Å². The van der Waals surface area contributed by atoms with Crippen LogP contribution in [0, 0.1) is 5.92 Å². The standard InChI is InChI=1S/C26H34N4O12/c1-14(2)22(25(40)27-16(12-31)10-20(34)35)30-23(38)17(8-9-19(32)33)28-24(39)18(11-21(36)37)29-26(41)42-13-15-6-4-3-5-7-15/h3-7,12,14,16-18,22H,8-11,13H2,1-2H3,(H,27,40)(H,28,39)(H,29,41)(H,30,38)(H,32,33)(H,34,35)(H,36,37)/t16-,17-,18+,22-/m0/s1. The van der Waals surface area contributed by atoms with Gasteiger partial charge in [-0.25, -0.2) is 4.79 Å². The number of aliphatic carboxylic acids is 3. The van der Waals surface area contributed by atoms with Gasteiger partial charge in [0.2, 0.25) is 17.7 Å². The molecule has 0 aliphatic carbocycles. The molecule has 0 aliphatic heterocycles. The Kier molecular flexibility index (Phi) is 14.7. The third kappa shape index (κ3) is 13.4. The summed E-state index contributed by atoms with van der Waals surface area (Å²) in [6, 6.07) is 2.42. The van der Waals surface area contributed by atoms with E-state index in [1.807, 2.05) is 0 Å². The molecule has 0 heterocycles. The highest BCUT2D eigenvalue weighted by Crippen LogP contribution is 2.08. The third-order valence-electron chi connectivity index (χ3n) is 5.61. The van der Waals surface area contributed by atoms with Crippen molar-refractivity contribution < 1.29 is 58.4 Å². The fourth-order valence-corrected chi connectivity index (χ4v) is 3.48. The van der Waals surface area contributed by atoms with Gasteiger partial charge in [-0.3, -0.25) is 28.8 Å². The lowest BCUT2D eigenvalue weighted by atomic mass is 10.0. The number of rotatable bonds is 18. The van der Waals surface area contributed by atoms with Crippen molar-refractivity contribution in [2.24, 2.45) is 5.92 Å². The highest BCUT2D eigenvalue weighted by atomic mass is 16.5. The van der Waals surface area contributed by atoms with E-state index in [4.69, 9.17) is 14.9 Å². The van der Waals surface area contributed by atoms with Crippen LogP contribution in [0.25, 0.3) is 0 Å². The van der Waals surface area contributed by atoms with Crippen molar-refractivity contribution in [2.45, 2.75) is 70.3 Å². The molecular weight excluding hydrogens is 560 g/mol. The van der Waals surface area contributed by atoms with Crippen LogP contribution in [0.4, 0.5) is 4.79 Å². The average molecular weight is 595 g/mol. The lowest BCUT2D eigenvalue weighted by Gasteiger charge is -2.27. The molecule has 0 saturated carbocycles. The second kappa shape index (κ2) is 17.6. The van der Waals surface area contributed by atoms with Crippen molar-refractivity contribution in [3.63, 3.8) is 0 Å². The van der Waals surface area contributed by atoms with Gasteiger partial charge >= 0.3 is 24.0 Å². The maximum atomic E-state index is 13.1. The summed E-state index contributed by atoms with van der Waals surface area (Å²) in [4.78, 5) is 95.6. The van der Waals surface area contributed by atoms with Crippen molar-refractivity contribution in [1.82, 2.24) is 21.3 Å². The molecule has 1 aromatic carbocycles. The number of ether oxygens (including phenoxy) is 1. The summed E-state index contributed by atoms with van der Waals surface area (Å²) < 4.78 is 5.01. The normalized spacial score (nSPS) is 13.4. The maximum absolute atomic E-state index is 13.1. The number of carboxylic acids is 3. The molecule has 7 N–H and O–H groups in total. The lowest BCUT2D eigenvalue weighted by Crippen LogP contribution is -2.58. The molecule has 42 heavy (non-hydrogen) atoms. The Balaban J connectivity index is 3.03. The number of aldehydes is 1. The van der Waals surface area contributed by atoms with Crippen molar-refractivity contribution in [3.05, 3.63) is 35.9 Å². The van der Waals surface area contributed by atoms with Gasteiger partial charge in [0.05, 0.1) is 18.9 Å². The number of benzene rings is 1. The second-order valence-corrected chi connectivity index (χ2v) is 9.43. The molecule has 0 aromatic heterocycles. The smallest absolute Gasteiger partial charge is 0.408 e. The van der Waals surface area contributed by atoms with E-state index in [-0.39, 0.29) is 12.9 Å². The Morgan fingerprint density at radius 3 is 1.88 bits per heavy atom. The Morgan fingerprint density at radius 2 is 1.36 bits per heavy atom. The van der Waals surface area contributed by atoms with E-state index < -0.39 is 97.5 Å². The minimum atomic E-state index is -1.72. The van der Waals surface area contributed by atoms with Gasteiger partial charge in [-0.1, -0.05) is 44.2 Å². The quantitative estimate of drug-likeness (QED) is 0.105. The van der Waals surface area contributed by atoms with Crippen LogP contribution in [0.2, 0.25) is 0 Å². The van der Waals surface area contributed by atoms with Crippen LogP contribution in [0.3, 0.4) is 0 Å². The van der Waals surface area contributed by atoms with Gasteiger partial charge in [0.15, 0.2) is 0 Å². The van der Waals surface area contributed by atoms with E-state index in [0.29, 0.717) is 5.56 Å². The summed E-state index contributed by atoms with van der Waals surface area (Å²) in [6.45, 7) is 2.86. The van der Waals surface area contributed by atoms with E-state index >= 15 is 0 Å². The van der Waals surface area contributed by atoms with Gasteiger partial charge in [-0.15, -0.1) is 0 Å². The van der Waals surface area contributed by atoms with Gasteiger partial charge in [0.25, 0.3) is 0 Å². The van der Waals surface area contributed by atoms with Crippen LogP contribution in [-0.2, 0) is 44.9 Å². The largest absolute Gasteiger partial charge is 0.481 e. The SMILES string of the molecule is CC(C)[C@H](NC(=O)[C@H](CCC(=O)O)NC(=O)[C@@H](CC(=O)O)NC(=O)OCc1ccccc1)C(=O)N[C@H](C=O)CC(=O)O. The first kappa shape index (κ1) is 35.0. The van der Waals surface area contributed by atoms with Gasteiger partial charge in [-0.2, -0.15) is 0 Å². The molecule has 0 aliphatic rings. The molecule has 230 valence electrons. The molecule has 0 fully saturated rings. The maximum Gasteiger partial charge on any atom is 0.408 e. The highest BCUT2D eigenvalue weighted by Gasteiger charge is 2.33. The number of hydrogen-bond donors (Lipinski definition) is 7. The van der Waals surface area contributed by atoms with Crippen LogP contribution >= 0.6 is 0 Å². The molecule has 4 atom stereocenters. The molecule has 0 saturated heterocycles. The molecule has 16 nitrogen and oxygen atoms in total. The number of carboxylic acid groups (broad SMARTS) is 3. The summed E-state index contributed by atoms with van der Waals surface area (Å²) in [5.41, 5.74) is 0.614. The zero-order valence-corrected chi connectivity index (χ0v) is 22.9. The molecule has 16 heteroatoms. The first-order valence-corrected chi connectivity index (χ1v) is 12.7. The predicted molar refractivity (Wildman–Crippen MR) is 142 cm³/mol. The molecular formula is C26H34N4O12. The highest BCUT2D eigenvalue weighted by molar-refractivity contribution is 5.95. The number of amides is 4. The molecule has 1 rings (SSSR count). The number of carbonyl (C=O) groups excluding carboxylic acids is 5. The van der Waals surface area contributed by atoms with Gasteiger partial charge < -0.3 is 46.1 Å². The molecule has 0 unspecified atom stereocenters. The molecule has 0 radical (unpaired) electrons. The topological polar surface area (TPSA) is 255 Å². The molecule has 1 aromatic rings. The Bertz CT molecular complexity index is 1140. The van der Waals surface area contributed by atoms with E-state index in [1.165, 1.54) is 13.8 Å². The average Bonchev–Trinajstić information content (AvgIpc) is 2.91. The first-order valence-electron chi connectivity index (χ1n) is 12.7. The zero-order valence-electron chi connectivity index (χ0n) is 22.9. The van der Waals surface area contributed by atoms with Crippen LogP contribution < -0.4 is 21.3 Å². The monoisotopic (exact) mass is 594 g/mol. The van der Waals surface area contributed by atoms with E-state index in [0.717, 1.165) is 0 Å². The van der Waals surface area contributed by atoms with Gasteiger partial charge in [0, 0.05) is 6.42 Å². The van der Waals surface area contributed by atoms with Gasteiger partial charge in [-0.05, 0) is 17.9 Å². The minimum absolute atomic E-state index is 0.187. The summed E-state index contributed by atoms with van der Waals surface area (Å²) in [7, 11) is 0. The molecule has 0 bridgehead atoms. The predicted octanol–water partition coefficient (Wildman–Crippen LogP) is -0.595. The van der Waals surface area contributed by atoms with Crippen molar-refractivity contribution >= 4 is 48.0 Å². The van der Waals surface area contributed by atoms with Crippen LogP contribution in [0.1, 0.15) is 45.1 Å². The Morgan fingerprint density at radius 1 is 0.762 bits per heavy atom. The molecule has 4 amide bonds. The van der Waals surface area contributed by atoms with Crippen LogP contribution in [0.15, 0.2) is 30.3 Å².